The van der Waals surface area contributed by atoms with Crippen molar-refractivity contribution in [3.63, 3.8) is 0 Å². The number of aliphatic hydroxyl groups is 1. The Morgan fingerprint density at radius 2 is 1.65 bits per heavy atom. The zero-order valence-corrected chi connectivity index (χ0v) is 8.99. The van der Waals surface area contributed by atoms with Gasteiger partial charge in [0.25, 0.3) is 0 Å². The minimum absolute atomic E-state index is 0.268. The largest absolute Gasteiger partial charge is 0.455 e. The molecule has 1 fully saturated rings. The van der Waals surface area contributed by atoms with Gasteiger partial charge in [0, 0.05) is 0 Å². The molecule has 102 valence electrons. The lowest BCUT2D eigenvalue weighted by Gasteiger charge is -2.32. The van der Waals surface area contributed by atoms with Gasteiger partial charge in [0.15, 0.2) is 0 Å². The van der Waals surface area contributed by atoms with E-state index in [4.69, 9.17) is 0 Å². The highest BCUT2D eigenvalue weighted by atomic mass is 19.4. The number of nitrogens with one attached hydrogen (secondary N) is 1. The van der Waals surface area contributed by atoms with Gasteiger partial charge < -0.3 is 15.2 Å². The van der Waals surface area contributed by atoms with Crippen LogP contribution in [0.15, 0.2) is 0 Å². The normalized spacial score (nSPS) is 21.5. The maximum Gasteiger partial charge on any atom is 0.455 e. The number of piperidine rings is 1. The van der Waals surface area contributed by atoms with Crippen molar-refractivity contribution in [1.82, 2.24) is 5.32 Å². The molecule has 1 rings (SSSR count). The summed E-state index contributed by atoms with van der Waals surface area (Å²) in [6.45, 7) is -1.31. The van der Waals surface area contributed by atoms with E-state index in [0.717, 1.165) is 0 Å². The smallest absolute Gasteiger partial charge is 0.387 e. The van der Waals surface area contributed by atoms with Crippen molar-refractivity contribution < 1.29 is 31.8 Å². The van der Waals surface area contributed by atoms with Gasteiger partial charge in [-0.2, -0.15) is 22.0 Å². The van der Waals surface area contributed by atoms with Crippen molar-refractivity contribution in [2.45, 2.75) is 30.5 Å². The minimum atomic E-state index is -5.62. The highest BCUT2D eigenvalue weighted by Gasteiger charge is 2.57. The van der Waals surface area contributed by atoms with E-state index in [0.29, 0.717) is 13.1 Å². The Bertz CT molecular complexity index is 250. The highest BCUT2D eigenvalue weighted by molar-refractivity contribution is 4.84. The fourth-order valence-electron chi connectivity index (χ4n) is 1.49. The van der Waals surface area contributed by atoms with Gasteiger partial charge in [-0.3, -0.25) is 0 Å². The van der Waals surface area contributed by atoms with E-state index >= 15 is 0 Å². The summed E-state index contributed by atoms with van der Waals surface area (Å²) >= 11 is 0. The van der Waals surface area contributed by atoms with Crippen LogP contribution in [0.25, 0.3) is 0 Å². The Morgan fingerprint density at radius 3 is 2.12 bits per heavy atom. The number of alkyl halides is 5. The van der Waals surface area contributed by atoms with E-state index in [1.54, 1.807) is 0 Å². The summed E-state index contributed by atoms with van der Waals surface area (Å²) in [5, 5.41) is 12.7. The molecule has 0 aromatic heterocycles. The molecule has 1 heterocycles. The Kier molecular flexibility index (Phi) is 4.32. The summed E-state index contributed by atoms with van der Waals surface area (Å²) in [6.07, 6.45) is -5.08. The van der Waals surface area contributed by atoms with Crippen LogP contribution >= 0.6 is 0 Å². The maximum atomic E-state index is 12.5. The molecule has 0 aromatic carbocycles. The van der Waals surface area contributed by atoms with Gasteiger partial charge in [0.05, 0.1) is 12.2 Å². The van der Waals surface area contributed by atoms with E-state index in [2.05, 4.69) is 10.1 Å². The first-order valence-electron chi connectivity index (χ1n) is 5.12. The van der Waals surface area contributed by atoms with Crippen LogP contribution in [0, 0.1) is 0 Å². The number of halogens is 5. The monoisotopic (exact) mass is 263 g/mol. The molecule has 1 aliphatic rings. The molecule has 8 heteroatoms. The molecular formula is C9H14F5NO2. The SMILES string of the molecule is OC1(COCC(F)(F)C(F)(F)F)CCNCC1. The molecule has 0 aromatic rings. The van der Waals surface area contributed by atoms with Crippen molar-refractivity contribution in [1.29, 1.82) is 0 Å². The Balaban J connectivity index is 2.36. The van der Waals surface area contributed by atoms with Crippen molar-refractivity contribution in [3.8, 4) is 0 Å². The lowest BCUT2D eigenvalue weighted by molar-refractivity contribution is -0.299. The number of hydrogen-bond donors (Lipinski definition) is 2. The third-order valence-corrected chi connectivity index (χ3v) is 2.60. The fraction of sp³-hybridized carbons (Fsp3) is 1.00. The first kappa shape index (κ1) is 14.6. The molecule has 0 unspecified atom stereocenters. The predicted molar refractivity (Wildman–Crippen MR) is 48.9 cm³/mol. The molecule has 0 radical (unpaired) electrons. The summed E-state index contributed by atoms with van der Waals surface area (Å²) in [4.78, 5) is 0. The zero-order chi connectivity index (χ0) is 13.2. The van der Waals surface area contributed by atoms with E-state index in [-0.39, 0.29) is 12.8 Å². The second kappa shape index (κ2) is 5.03. The molecule has 17 heavy (non-hydrogen) atoms. The molecule has 1 aliphatic heterocycles. The summed E-state index contributed by atoms with van der Waals surface area (Å²) in [5.41, 5.74) is -1.31. The molecule has 2 N–H and O–H groups in total. The van der Waals surface area contributed by atoms with Gasteiger partial charge in [-0.05, 0) is 25.9 Å². The molecule has 0 spiro atoms. The summed E-state index contributed by atoms with van der Waals surface area (Å²) in [7, 11) is 0. The second-order valence-electron chi connectivity index (χ2n) is 4.17. The zero-order valence-electron chi connectivity index (χ0n) is 8.99. The summed E-state index contributed by atoms with van der Waals surface area (Å²) in [6, 6.07) is 0. The van der Waals surface area contributed by atoms with Crippen molar-refractivity contribution in [3.05, 3.63) is 0 Å². The third-order valence-electron chi connectivity index (χ3n) is 2.60. The van der Waals surface area contributed by atoms with E-state index in [9.17, 15) is 27.1 Å². The average Bonchev–Trinajstić information content (AvgIpc) is 2.16. The van der Waals surface area contributed by atoms with Crippen molar-refractivity contribution in [2.24, 2.45) is 0 Å². The van der Waals surface area contributed by atoms with Gasteiger partial charge in [-0.15, -0.1) is 0 Å². The van der Waals surface area contributed by atoms with Crippen LogP contribution in [0.4, 0.5) is 22.0 Å². The van der Waals surface area contributed by atoms with Crippen LogP contribution in [0.5, 0.6) is 0 Å². The fourth-order valence-corrected chi connectivity index (χ4v) is 1.49. The standard InChI is InChI=1S/C9H14F5NO2/c10-8(11,9(12,13)14)6-17-5-7(16)1-3-15-4-2-7/h15-16H,1-6H2. The van der Waals surface area contributed by atoms with Gasteiger partial charge in [0.2, 0.25) is 0 Å². The molecule has 1 saturated heterocycles. The molecule has 0 bridgehead atoms. The first-order chi connectivity index (χ1) is 7.66. The number of rotatable bonds is 4. The average molecular weight is 263 g/mol. The Hall–Kier alpha value is -0.470. The Morgan fingerprint density at radius 1 is 1.12 bits per heavy atom. The van der Waals surface area contributed by atoms with Crippen LogP contribution in [0.1, 0.15) is 12.8 Å². The van der Waals surface area contributed by atoms with Gasteiger partial charge in [-0.1, -0.05) is 0 Å². The van der Waals surface area contributed by atoms with Gasteiger partial charge in [0.1, 0.15) is 6.61 Å². The summed E-state index contributed by atoms with van der Waals surface area (Å²) in [5.74, 6) is -4.88. The Labute approximate surface area is 94.9 Å². The predicted octanol–water partition coefficient (Wildman–Crippen LogP) is 1.32. The molecular weight excluding hydrogens is 249 g/mol. The molecule has 0 amide bonds. The maximum absolute atomic E-state index is 12.5. The second-order valence-corrected chi connectivity index (χ2v) is 4.17. The highest BCUT2D eigenvalue weighted by Crippen LogP contribution is 2.35. The van der Waals surface area contributed by atoms with Crippen LogP contribution < -0.4 is 5.32 Å². The van der Waals surface area contributed by atoms with Crippen LogP contribution in [0.3, 0.4) is 0 Å². The molecule has 0 saturated carbocycles. The lowest BCUT2D eigenvalue weighted by Crippen LogP contribution is -2.47. The number of ether oxygens (including phenoxy) is 1. The van der Waals surface area contributed by atoms with E-state index in [1.807, 2.05) is 0 Å². The van der Waals surface area contributed by atoms with Crippen LogP contribution in [-0.4, -0.2) is 49.1 Å². The lowest BCUT2D eigenvalue weighted by atomic mass is 9.94. The molecule has 3 nitrogen and oxygen atoms in total. The molecule has 0 atom stereocenters. The summed E-state index contributed by atoms with van der Waals surface area (Å²) < 4.78 is 64.6. The third kappa shape index (κ3) is 4.04. The van der Waals surface area contributed by atoms with Crippen molar-refractivity contribution in [2.75, 3.05) is 26.3 Å². The minimum Gasteiger partial charge on any atom is -0.387 e. The first-order valence-corrected chi connectivity index (χ1v) is 5.12. The van der Waals surface area contributed by atoms with Crippen LogP contribution in [0.2, 0.25) is 0 Å². The number of hydrogen-bond acceptors (Lipinski definition) is 3. The van der Waals surface area contributed by atoms with E-state index in [1.165, 1.54) is 0 Å². The molecule has 0 aliphatic carbocycles. The van der Waals surface area contributed by atoms with E-state index < -0.39 is 30.9 Å². The van der Waals surface area contributed by atoms with Crippen molar-refractivity contribution >= 4 is 0 Å². The topological polar surface area (TPSA) is 41.5 Å². The quantitative estimate of drug-likeness (QED) is 0.752. The van der Waals surface area contributed by atoms with Crippen LogP contribution in [-0.2, 0) is 4.74 Å². The van der Waals surface area contributed by atoms with Gasteiger partial charge >= 0.3 is 12.1 Å². The van der Waals surface area contributed by atoms with Gasteiger partial charge in [-0.25, -0.2) is 0 Å².